The molecule has 0 saturated heterocycles. The van der Waals surface area contributed by atoms with E-state index >= 15 is 0 Å². The highest BCUT2D eigenvalue weighted by Crippen LogP contribution is 2.29. The van der Waals surface area contributed by atoms with E-state index < -0.39 is 84.0 Å². The maximum absolute atomic E-state index is 13.8. The van der Waals surface area contributed by atoms with Crippen LogP contribution < -0.4 is 15.4 Å². The van der Waals surface area contributed by atoms with E-state index in [4.69, 9.17) is 4.74 Å². The molecule has 7 nitrogen and oxygen atoms in total. The molecule has 0 saturated carbocycles. The van der Waals surface area contributed by atoms with E-state index in [0.29, 0.717) is 5.56 Å². The zero-order valence-electron chi connectivity index (χ0n) is 20.0. The van der Waals surface area contributed by atoms with Crippen molar-refractivity contribution in [3.63, 3.8) is 0 Å². The molecular weight excluding hydrogens is 515 g/mol. The average Bonchev–Trinajstić information content (AvgIpc) is 2.90. The van der Waals surface area contributed by atoms with Crippen molar-refractivity contribution in [2.45, 2.75) is 25.3 Å². The van der Waals surface area contributed by atoms with Gasteiger partial charge in [0.15, 0.2) is 5.75 Å². The second kappa shape index (κ2) is 12.3. The largest absolute Gasteiger partial charge is 0.487 e. The average molecular weight is 538 g/mol. The lowest BCUT2D eigenvalue weighted by Crippen LogP contribution is -2.49. The topological polar surface area (TPSA) is 105 Å². The van der Waals surface area contributed by atoms with Gasteiger partial charge in [0.05, 0.1) is 18.9 Å². The molecule has 3 aromatic carbocycles. The fourth-order valence-electron chi connectivity index (χ4n) is 3.83. The zero-order chi connectivity index (χ0) is 28.0. The third-order valence-corrected chi connectivity index (χ3v) is 5.81. The number of aliphatic carboxylic acids is 1. The molecule has 0 fully saturated rings. The Morgan fingerprint density at radius 3 is 2.08 bits per heavy atom. The lowest BCUT2D eigenvalue weighted by atomic mass is 9.98. The number of halogens is 5. The van der Waals surface area contributed by atoms with Crippen LogP contribution in [0.25, 0.3) is 10.8 Å². The number of carboxylic acids is 1. The summed E-state index contributed by atoms with van der Waals surface area (Å²) < 4.78 is 72.4. The Labute approximate surface area is 213 Å². The van der Waals surface area contributed by atoms with Gasteiger partial charge in [-0.05, 0) is 22.8 Å². The number of carbonyl (C=O) groups excluding carboxylic acids is 2. The van der Waals surface area contributed by atoms with Crippen molar-refractivity contribution in [3.05, 3.63) is 77.1 Å². The number of hydrogen-bond acceptors (Lipinski definition) is 4. The number of carbonyl (C=O) groups is 3. The highest BCUT2D eigenvalue weighted by molar-refractivity contribution is 5.90. The molecule has 202 valence electrons. The molecule has 1 unspecified atom stereocenters. The van der Waals surface area contributed by atoms with Gasteiger partial charge in [0, 0.05) is 13.5 Å². The van der Waals surface area contributed by atoms with Crippen LogP contribution in [-0.2, 0) is 20.8 Å². The van der Waals surface area contributed by atoms with Crippen molar-refractivity contribution in [2.24, 2.45) is 5.92 Å². The Morgan fingerprint density at radius 1 is 0.868 bits per heavy atom. The van der Waals surface area contributed by atoms with E-state index in [2.05, 4.69) is 10.6 Å². The highest BCUT2D eigenvalue weighted by atomic mass is 19.2. The highest BCUT2D eigenvalue weighted by Gasteiger charge is 2.29. The van der Waals surface area contributed by atoms with Crippen molar-refractivity contribution >= 4 is 28.6 Å². The minimum absolute atomic E-state index is 0.0666. The minimum Gasteiger partial charge on any atom is -0.487 e. The fourth-order valence-corrected chi connectivity index (χ4v) is 3.83. The van der Waals surface area contributed by atoms with Crippen LogP contribution in [-0.4, -0.2) is 42.6 Å². The molecule has 0 heterocycles. The summed E-state index contributed by atoms with van der Waals surface area (Å²) in [7, 11) is 1.36. The standard InChI is InChI=1S/C26H23F5N2O5/c1-32-26(37)17(11-13-6-7-14-4-2-3-5-15(14)10-13)33-25(36)16(12-18(34)35)8-9-38-24-22(30)20(28)19(27)21(29)23(24)31/h2-7,10,16-17H,8-9,11-12H2,1H3,(H,32,37)(H,33,36)(H,34,35)/t16?,17-/m0/s1. The summed E-state index contributed by atoms with van der Waals surface area (Å²) in [5.41, 5.74) is 0.710. The number of rotatable bonds is 11. The fraction of sp³-hybridized carbons (Fsp3) is 0.269. The zero-order valence-corrected chi connectivity index (χ0v) is 20.0. The van der Waals surface area contributed by atoms with E-state index in [1.807, 2.05) is 36.4 Å². The van der Waals surface area contributed by atoms with Crippen LogP contribution in [0, 0.1) is 35.0 Å². The minimum atomic E-state index is -2.36. The molecule has 0 aromatic heterocycles. The van der Waals surface area contributed by atoms with Crippen LogP contribution in [0.15, 0.2) is 42.5 Å². The SMILES string of the molecule is CNC(=O)[C@H](Cc1ccc2ccccc2c1)NC(=O)C(CCOc1c(F)c(F)c(F)c(F)c1F)CC(=O)O. The molecule has 0 radical (unpaired) electrons. The van der Waals surface area contributed by atoms with Crippen LogP contribution in [0.4, 0.5) is 22.0 Å². The lowest BCUT2D eigenvalue weighted by molar-refractivity contribution is -0.141. The number of amides is 2. The molecule has 0 aliphatic heterocycles. The van der Waals surface area contributed by atoms with Gasteiger partial charge in [0.1, 0.15) is 6.04 Å². The van der Waals surface area contributed by atoms with Gasteiger partial charge in [-0.15, -0.1) is 0 Å². The summed E-state index contributed by atoms with van der Waals surface area (Å²) >= 11 is 0. The van der Waals surface area contributed by atoms with Crippen molar-refractivity contribution < 1.29 is 46.2 Å². The molecule has 3 aromatic rings. The number of nitrogens with one attached hydrogen (secondary N) is 2. The molecule has 0 bridgehead atoms. The Morgan fingerprint density at radius 2 is 1.47 bits per heavy atom. The molecule has 3 rings (SSSR count). The van der Waals surface area contributed by atoms with Crippen LogP contribution in [0.5, 0.6) is 5.75 Å². The molecule has 38 heavy (non-hydrogen) atoms. The second-order valence-corrected chi connectivity index (χ2v) is 8.39. The van der Waals surface area contributed by atoms with Gasteiger partial charge in [0.2, 0.25) is 40.9 Å². The van der Waals surface area contributed by atoms with Gasteiger partial charge >= 0.3 is 5.97 Å². The van der Waals surface area contributed by atoms with Crippen LogP contribution in [0.3, 0.4) is 0 Å². The summed E-state index contributed by atoms with van der Waals surface area (Å²) in [6, 6.07) is 11.9. The first-order chi connectivity index (χ1) is 18.0. The first-order valence-electron chi connectivity index (χ1n) is 11.4. The Bertz CT molecular complexity index is 1340. The molecule has 2 atom stereocenters. The van der Waals surface area contributed by atoms with Crippen molar-refractivity contribution in [1.29, 1.82) is 0 Å². The number of hydrogen-bond donors (Lipinski definition) is 3. The summed E-state index contributed by atoms with van der Waals surface area (Å²) in [4.78, 5) is 36.7. The number of carboxylic acid groups (broad SMARTS) is 1. The third kappa shape index (κ3) is 6.55. The molecule has 2 amide bonds. The second-order valence-electron chi connectivity index (χ2n) is 8.39. The summed E-state index contributed by atoms with van der Waals surface area (Å²) in [6.07, 6.45) is -1.14. The van der Waals surface area contributed by atoms with E-state index in [1.165, 1.54) is 7.05 Å². The summed E-state index contributed by atoms with van der Waals surface area (Å²) in [5, 5.41) is 16.0. The number of likely N-dealkylation sites (N-methyl/N-ethyl adjacent to an activating group) is 1. The normalized spacial score (nSPS) is 12.6. The maximum Gasteiger partial charge on any atom is 0.304 e. The summed E-state index contributed by atoms with van der Waals surface area (Å²) in [6.45, 7) is -0.751. The molecule has 0 aliphatic rings. The Balaban J connectivity index is 1.73. The van der Waals surface area contributed by atoms with E-state index in [1.54, 1.807) is 6.07 Å². The Hall–Kier alpha value is -4.22. The van der Waals surface area contributed by atoms with Gasteiger partial charge in [-0.1, -0.05) is 42.5 Å². The lowest BCUT2D eigenvalue weighted by Gasteiger charge is -2.22. The quantitative estimate of drug-likeness (QED) is 0.195. The predicted molar refractivity (Wildman–Crippen MR) is 126 cm³/mol. The smallest absolute Gasteiger partial charge is 0.304 e. The number of fused-ring (bicyclic) bond motifs is 1. The molecule has 3 N–H and O–H groups in total. The first kappa shape index (κ1) is 28.4. The van der Waals surface area contributed by atoms with Gasteiger partial charge in [-0.2, -0.15) is 8.78 Å². The Kier molecular flexibility index (Phi) is 9.21. The van der Waals surface area contributed by atoms with Crippen LogP contribution in [0.2, 0.25) is 0 Å². The van der Waals surface area contributed by atoms with E-state index in [0.717, 1.165) is 10.8 Å². The van der Waals surface area contributed by atoms with E-state index in [-0.39, 0.29) is 6.42 Å². The van der Waals surface area contributed by atoms with Crippen LogP contribution in [0.1, 0.15) is 18.4 Å². The molecule has 0 aliphatic carbocycles. The van der Waals surface area contributed by atoms with Gasteiger partial charge in [0.25, 0.3) is 0 Å². The van der Waals surface area contributed by atoms with Gasteiger partial charge < -0.3 is 20.5 Å². The van der Waals surface area contributed by atoms with E-state index in [9.17, 15) is 41.4 Å². The molecule has 0 spiro atoms. The molecule has 12 heteroatoms. The van der Waals surface area contributed by atoms with Crippen molar-refractivity contribution in [3.8, 4) is 5.75 Å². The third-order valence-electron chi connectivity index (χ3n) is 5.81. The monoisotopic (exact) mass is 538 g/mol. The van der Waals surface area contributed by atoms with Gasteiger partial charge in [-0.25, -0.2) is 13.2 Å². The van der Waals surface area contributed by atoms with Crippen LogP contribution >= 0.6 is 0 Å². The molecular formula is C26H23F5N2O5. The van der Waals surface area contributed by atoms with Crippen molar-refractivity contribution in [2.75, 3.05) is 13.7 Å². The predicted octanol–water partition coefficient (Wildman–Crippen LogP) is 3.87. The maximum atomic E-state index is 13.8. The first-order valence-corrected chi connectivity index (χ1v) is 11.4. The van der Waals surface area contributed by atoms with Gasteiger partial charge in [-0.3, -0.25) is 14.4 Å². The van der Waals surface area contributed by atoms with Crippen molar-refractivity contribution in [1.82, 2.24) is 10.6 Å². The summed E-state index contributed by atoms with van der Waals surface area (Å²) in [5.74, 6) is -16.9. The number of ether oxygens (including phenoxy) is 1. The number of benzene rings is 3.